The summed E-state index contributed by atoms with van der Waals surface area (Å²) in [5, 5.41) is 9.65. The molecule has 3 heterocycles. The molecular weight excluding hydrogens is 363 g/mol. The van der Waals surface area contributed by atoms with Gasteiger partial charge in [-0.2, -0.15) is 0 Å². The Kier molecular flexibility index (Phi) is 5.13. The summed E-state index contributed by atoms with van der Waals surface area (Å²) in [5.74, 6) is -0.509. The topological polar surface area (TPSA) is 90.8 Å². The Morgan fingerprint density at radius 1 is 1.32 bits per heavy atom. The molecule has 8 heteroatoms. The van der Waals surface area contributed by atoms with E-state index in [0.29, 0.717) is 43.0 Å². The van der Waals surface area contributed by atoms with Crippen LogP contribution in [-0.4, -0.2) is 45.9 Å². The number of fused-ring (bicyclic) bond motifs is 1. The molecule has 0 unspecified atom stereocenters. The van der Waals surface area contributed by atoms with E-state index in [9.17, 15) is 14.3 Å². The first-order chi connectivity index (χ1) is 13.5. The molecular formula is C20H23FN4O3. The number of aromatic hydroxyl groups is 1. The van der Waals surface area contributed by atoms with Crippen LogP contribution in [0.25, 0.3) is 0 Å². The molecule has 0 saturated heterocycles. The van der Waals surface area contributed by atoms with Crippen LogP contribution in [0.4, 0.5) is 4.39 Å². The molecule has 2 aromatic rings. The van der Waals surface area contributed by atoms with Gasteiger partial charge in [-0.05, 0) is 37.0 Å². The van der Waals surface area contributed by atoms with Crippen molar-refractivity contribution in [3.63, 3.8) is 0 Å². The zero-order valence-corrected chi connectivity index (χ0v) is 15.8. The van der Waals surface area contributed by atoms with E-state index in [1.807, 2.05) is 0 Å². The number of H-pyrrole nitrogens is 1. The zero-order chi connectivity index (χ0) is 19.7. The van der Waals surface area contributed by atoms with E-state index >= 15 is 0 Å². The number of benzene rings is 1. The predicted octanol–water partition coefficient (Wildman–Crippen LogP) is 2.15. The van der Waals surface area contributed by atoms with Crippen LogP contribution in [0.2, 0.25) is 0 Å². The molecule has 148 valence electrons. The largest absolute Gasteiger partial charge is 0.502 e. The van der Waals surface area contributed by atoms with Gasteiger partial charge in [-0.1, -0.05) is 0 Å². The molecule has 1 aromatic heterocycles. The van der Waals surface area contributed by atoms with Crippen LogP contribution in [0, 0.1) is 5.82 Å². The molecule has 7 nitrogen and oxygen atoms in total. The van der Waals surface area contributed by atoms with Crippen LogP contribution in [0.1, 0.15) is 41.9 Å². The quantitative estimate of drug-likeness (QED) is 0.840. The van der Waals surface area contributed by atoms with Crippen molar-refractivity contribution in [2.45, 2.75) is 38.8 Å². The lowest BCUT2D eigenvalue weighted by molar-refractivity contribution is 0.240. The monoisotopic (exact) mass is 386 g/mol. The maximum absolute atomic E-state index is 13.9. The number of nitrogens with one attached hydrogen (secondary N) is 1. The summed E-state index contributed by atoms with van der Waals surface area (Å²) in [6.45, 7) is 2.38. The average Bonchev–Trinajstić information content (AvgIpc) is 2.71. The van der Waals surface area contributed by atoms with E-state index in [0.717, 1.165) is 37.2 Å². The second-order valence-corrected chi connectivity index (χ2v) is 7.21. The summed E-state index contributed by atoms with van der Waals surface area (Å²) in [6, 6.07) is 2.90. The smallest absolute Gasteiger partial charge is 0.255 e. The fourth-order valence-electron chi connectivity index (χ4n) is 3.78. The van der Waals surface area contributed by atoms with Gasteiger partial charge in [0.05, 0.1) is 24.1 Å². The van der Waals surface area contributed by atoms with Crippen LogP contribution >= 0.6 is 0 Å². The summed E-state index contributed by atoms with van der Waals surface area (Å²) >= 11 is 0. The molecule has 0 atom stereocenters. The van der Waals surface area contributed by atoms with E-state index in [-0.39, 0.29) is 11.3 Å². The fourth-order valence-corrected chi connectivity index (χ4v) is 3.78. The van der Waals surface area contributed by atoms with Crippen molar-refractivity contribution in [2.24, 2.45) is 4.99 Å². The molecule has 0 fully saturated rings. The number of aromatic nitrogens is 2. The second-order valence-electron chi connectivity index (χ2n) is 7.21. The third-order valence-corrected chi connectivity index (χ3v) is 5.26. The van der Waals surface area contributed by atoms with Crippen molar-refractivity contribution in [1.82, 2.24) is 14.9 Å². The van der Waals surface area contributed by atoms with Crippen LogP contribution in [0.15, 0.2) is 21.9 Å². The van der Waals surface area contributed by atoms with E-state index in [1.54, 1.807) is 6.07 Å². The van der Waals surface area contributed by atoms with Crippen molar-refractivity contribution >= 4 is 5.71 Å². The number of phenols is 1. The van der Waals surface area contributed by atoms with Gasteiger partial charge in [0.15, 0.2) is 23.1 Å². The fraction of sp³-hybridized carbons (Fsp3) is 0.450. The molecule has 2 N–H and O–H groups in total. The molecule has 0 spiro atoms. The van der Waals surface area contributed by atoms with E-state index in [4.69, 9.17) is 4.74 Å². The van der Waals surface area contributed by atoms with Crippen LogP contribution < -0.4 is 10.3 Å². The van der Waals surface area contributed by atoms with Gasteiger partial charge in [0.25, 0.3) is 5.56 Å². The highest BCUT2D eigenvalue weighted by molar-refractivity contribution is 5.97. The van der Waals surface area contributed by atoms with Crippen molar-refractivity contribution in [1.29, 1.82) is 0 Å². The zero-order valence-electron chi connectivity index (χ0n) is 15.8. The number of rotatable bonds is 4. The van der Waals surface area contributed by atoms with E-state index < -0.39 is 11.6 Å². The number of aliphatic imine (C=N–C) groups is 1. The van der Waals surface area contributed by atoms with Crippen LogP contribution in [0.5, 0.6) is 11.5 Å². The number of halogens is 1. The first-order valence-corrected chi connectivity index (χ1v) is 9.48. The summed E-state index contributed by atoms with van der Waals surface area (Å²) in [6.07, 6.45) is 3.65. The SMILES string of the molecule is COc1cc(CN2CCc3nc(C4=NCCCC4)[nH]c(=O)c3C2)cc(F)c1O. The molecule has 0 amide bonds. The standard InChI is InChI=1S/C20H23FN4O3/c1-28-17-9-12(8-14(21)18(17)26)10-25-7-5-15-13(11-25)20(27)24-19(23-15)16-4-2-3-6-22-16/h8-9,26H,2-7,10-11H2,1H3,(H,23,24,27). The molecule has 0 bridgehead atoms. The van der Waals surface area contributed by atoms with Crippen molar-refractivity contribution in [3.05, 3.63) is 50.9 Å². The third kappa shape index (κ3) is 3.64. The van der Waals surface area contributed by atoms with Gasteiger partial charge < -0.3 is 14.8 Å². The lowest BCUT2D eigenvalue weighted by atomic mass is 10.0. The highest BCUT2D eigenvalue weighted by Crippen LogP contribution is 2.31. The minimum Gasteiger partial charge on any atom is -0.502 e. The first-order valence-electron chi connectivity index (χ1n) is 9.48. The number of methoxy groups -OCH3 is 1. The molecule has 1 aromatic carbocycles. The van der Waals surface area contributed by atoms with E-state index in [1.165, 1.54) is 13.2 Å². The minimum atomic E-state index is -0.718. The van der Waals surface area contributed by atoms with Gasteiger partial charge >= 0.3 is 0 Å². The normalized spacial score (nSPS) is 17.1. The molecule has 2 aliphatic heterocycles. The van der Waals surface area contributed by atoms with Crippen LogP contribution in [0.3, 0.4) is 0 Å². The Labute approximate surface area is 161 Å². The number of nitrogens with zero attached hydrogens (tertiary/aromatic N) is 3. The molecule has 0 radical (unpaired) electrons. The third-order valence-electron chi connectivity index (χ3n) is 5.26. The van der Waals surface area contributed by atoms with Crippen molar-refractivity contribution < 1.29 is 14.2 Å². The molecule has 0 aliphatic carbocycles. The van der Waals surface area contributed by atoms with Gasteiger partial charge in [-0.3, -0.25) is 14.7 Å². The van der Waals surface area contributed by atoms with Gasteiger partial charge in [-0.25, -0.2) is 9.37 Å². The summed E-state index contributed by atoms with van der Waals surface area (Å²) < 4.78 is 18.9. The average molecular weight is 386 g/mol. The van der Waals surface area contributed by atoms with Crippen LogP contribution in [-0.2, 0) is 19.5 Å². The van der Waals surface area contributed by atoms with Crippen molar-refractivity contribution in [2.75, 3.05) is 20.2 Å². The summed E-state index contributed by atoms with van der Waals surface area (Å²) in [4.78, 5) is 26.7. The Balaban J connectivity index is 1.55. The molecule has 2 aliphatic rings. The maximum Gasteiger partial charge on any atom is 0.255 e. The van der Waals surface area contributed by atoms with E-state index in [2.05, 4.69) is 19.9 Å². The minimum absolute atomic E-state index is 0.102. The Morgan fingerprint density at radius 2 is 2.18 bits per heavy atom. The summed E-state index contributed by atoms with van der Waals surface area (Å²) in [5.41, 5.74) is 2.90. The maximum atomic E-state index is 13.9. The first kappa shape index (κ1) is 18.6. The number of aromatic amines is 1. The van der Waals surface area contributed by atoms with Gasteiger partial charge in [0, 0.05) is 32.6 Å². The number of hydrogen-bond donors (Lipinski definition) is 2. The van der Waals surface area contributed by atoms with Gasteiger partial charge in [0.1, 0.15) is 0 Å². The van der Waals surface area contributed by atoms with Gasteiger partial charge in [-0.15, -0.1) is 0 Å². The highest BCUT2D eigenvalue weighted by atomic mass is 19.1. The lowest BCUT2D eigenvalue weighted by Gasteiger charge is -2.28. The lowest BCUT2D eigenvalue weighted by Crippen LogP contribution is -2.36. The number of hydrogen-bond acceptors (Lipinski definition) is 6. The Morgan fingerprint density at radius 3 is 2.93 bits per heavy atom. The molecule has 28 heavy (non-hydrogen) atoms. The highest BCUT2D eigenvalue weighted by Gasteiger charge is 2.23. The second kappa shape index (κ2) is 7.71. The summed E-state index contributed by atoms with van der Waals surface area (Å²) in [7, 11) is 1.38. The number of ether oxygens (including phenoxy) is 1. The Bertz CT molecular complexity index is 986. The molecule has 4 rings (SSSR count). The predicted molar refractivity (Wildman–Crippen MR) is 103 cm³/mol. The van der Waals surface area contributed by atoms with Crippen molar-refractivity contribution in [3.8, 4) is 11.5 Å². The molecule has 0 saturated carbocycles. The number of phenolic OH excluding ortho intramolecular Hbond substituents is 1. The van der Waals surface area contributed by atoms with Gasteiger partial charge in [0.2, 0.25) is 0 Å². The Hall–Kier alpha value is -2.74.